The van der Waals surface area contributed by atoms with E-state index in [1.54, 1.807) is 38.4 Å². The van der Waals surface area contributed by atoms with Gasteiger partial charge in [-0.2, -0.15) is 8.42 Å². The molecule has 0 aliphatic heterocycles. The first-order valence-corrected chi connectivity index (χ1v) is 13.0. The SMILES string of the molecule is CON(C)C(=O)c1sc(-c2ccc(Cl)c(Cl)c2)c(C)c1-c1ccc(S(=O)(=O)N=CN(C)C)cc1. The molecule has 0 saturated carbocycles. The van der Waals surface area contributed by atoms with Gasteiger partial charge in [0.05, 0.1) is 22.1 Å². The lowest BCUT2D eigenvalue weighted by atomic mass is 9.99. The minimum atomic E-state index is -3.85. The maximum atomic E-state index is 13.1. The van der Waals surface area contributed by atoms with Crippen molar-refractivity contribution >= 4 is 56.8 Å². The first-order chi connectivity index (χ1) is 16.0. The summed E-state index contributed by atoms with van der Waals surface area (Å²) in [5, 5.41) is 1.98. The Morgan fingerprint density at radius 2 is 1.65 bits per heavy atom. The summed E-state index contributed by atoms with van der Waals surface area (Å²) < 4.78 is 28.6. The van der Waals surface area contributed by atoms with E-state index in [0.29, 0.717) is 26.0 Å². The van der Waals surface area contributed by atoms with E-state index in [4.69, 9.17) is 28.0 Å². The van der Waals surface area contributed by atoms with Crippen LogP contribution in [-0.4, -0.2) is 58.9 Å². The summed E-state index contributed by atoms with van der Waals surface area (Å²) in [6, 6.07) is 11.6. The molecule has 3 aromatic rings. The highest BCUT2D eigenvalue weighted by molar-refractivity contribution is 7.90. The van der Waals surface area contributed by atoms with Crippen molar-refractivity contribution in [3.8, 4) is 21.6 Å². The zero-order valence-electron chi connectivity index (χ0n) is 19.2. The number of amides is 1. The van der Waals surface area contributed by atoms with Gasteiger partial charge in [-0.3, -0.25) is 9.63 Å². The minimum absolute atomic E-state index is 0.0498. The van der Waals surface area contributed by atoms with E-state index >= 15 is 0 Å². The van der Waals surface area contributed by atoms with E-state index in [0.717, 1.165) is 21.1 Å². The normalized spacial score (nSPS) is 11.7. The predicted octanol–water partition coefficient (Wildman–Crippen LogP) is 5.61. The Kier molecular flexibility index (Phi) is 8.05. The summed E-state index contributed by atoms with van der Waals surface area (Å²) in [6.45, 7) is 1.90. The molecule has 1 amide bonds. The summed E-state index contributed by atoms with van der Waals surface area (Å²) >= 11 is 13.6. The fraction of sp³-hybridized carbons (Fsp3) is 0.217. The standard InChI is InChI=1S/C23H23Cl2N3O4S2/c1-14-20(15-6-9-17(10-7-15)34(30,31)26-13-27(2)3)22(23(29)28(4)32-5)33-21(14)16-8-11-18(24)19(25)12-16/h6-13H,1-5H3. The smallest absolute Gasteiger partial charge is 0.287 e. The fourth-order valence-electron chi connectivity index (χ4n) is 3.16. The topological polar surface area (TPSA) is 79.3 Å². The lowest BCUT2D eigenvalue weighted by molar-refractivity contribution is -0.0753. The molecule has 0 unspecified atom stereocenters. The third-order valence-electron chi connectivity index (χ3n) is 4.94. The molecule has 0 aliphatic carbocycles. The summed E-state index contributed by atoms with van der Waals surface area (Å²) in [6.07, 6.45) is 1.23. The number of sulfonamides is 1. The molecule has 0 saturated heterocycles. The Morgan fingerprint density at radius 1 is 1.03 bits per heavy atom. The molecule has 7 nitrogen and oxygen atoms in total. The van der Waals surface area contributed by atoms with Crippen LogP contribution in [0.3, 0.4) is 0 Å². The van der Waals surface area contributed by atoms with E-state index in [9.17, 15) is 13.2 Å². The molecule has 1 heterocycles. The van der Waals surface area contributed by atoms with E-state index in [1.807, 2.05) is 13.0 Å². The maximum absolute atomic E-state index is 13.1. The number of rotatable bonds is 7. The van der Waals surface area contributed by atoms with Crippen molar-refractivity contribution in [2.45, 2.75) is 11.8 Å². The number of benzene rings is 2. The highest BCUT2D eigenvalue weighted by Gasteiger charge is 2.25. The largest absolute Gasteiger partial charge is 0.368 e. The maximum Gasteiger partial charge on any atom is 0.287 e. The van der Waals surface area contributed by atoms with Gasteiger partial charge in [0.1, 0.15) is 11.2 Å². The van der Waals surface area contributed by atoms with Gasteiger partial charge in [-0.05, 0) is 47.9 Å². The predicted molar refractivity (Wildman–Crippen MR) is 138 cm³/mol. The number of carbonyl (C=O) groups is 1. The molecule has 0 atom stereocenters. The molecular formula is C23H23Cl2N3O4S2. The summed E-state index contributed by atoms with van der Waals surface area (Å²) in [7, 11) is 2.45. The van der Waals surface area contributed by atoms with Crippen LogP contribution in [0.25, 0.3) is 21.6 Å². The second-order valence-corrected chi connectivity index (χ2v) is 11.0. The van der Waals surface area contributed by atoms with Crippen LogP contribution < -0.4 is 0 Å². The number of halogens is 2. The lowest BCUT2D eigenvalue weighted by Crippen LogP contribution is -2.25. The van der Waals surface area contributed by atoms with Crippen molar-refractivity contribution in [1.82, 2.24) is 9.96 Å². The van der Waals surface area contributed by atoms with Gasteiger partial charge >= 0.3 is 0 Å². The molecule has 0 bridgehead atoms. The van der Waals surface area contributed by atoms with Gasteiger partial charge in [0.15, 0.2) is 0 Å². The molecule has 1 aromatic heterocycles. The number of hydroxylamine groups is 2. The van der Waals surface area contributed by atoms with E-state index in [1.165, 1.54) is 48.9 Å². The Hall–Kier alpha value is -2.43. The van der Waals surface area contributed by atoms with Crippen LogP contribution in [0.1, 0.15) is 15.2 Å². The highest BCUT2D eigenvalue weighted by Crippen LogP contribution is 2.43. The molecular weight excluding hydrogens is 517 g/mol. The second-order valence-electron chi connectivity index (χ2n) is 7.56. The van der Waals surface area contributed by atoms with Gasteiger partial charge in [0.2, 0.25) is 0 Å². The Labute approximate surface area is 213 Å². The Balaban J connectivity index is 2.15. The average molecular weight is 540 g/mol. The van der Waals surface area contributed by atoms with Crippen LogP contribution >= 0.6 is 34.5 Å². The summed E-state index contributed by atoms with van der Waals surface area (Å²) in [5.41, 5.74) is 3.02. The highest BCUT2D eigenvalue weighted by atomic mass is 35.5. The monoisotopic (exact) mass is 539 g/mol. The van der Waals surface area contributed by atoms with Gasteiger partial charge in [0.25, 0.3) is 15.9 Å². The van der Waals surface area contributed by atoms with Gasteiger partial charge in [-0.15, -0.1) is 15.7 Å². The third kappa shape index (κ3) is 5.45. The number of carbonyl (C=O) groups excluding carboxylic acids is 1. The van der Waals surface area contributed by atoms with Gasteiger partial charge in [0, 0.05) is 31.6 Å². The first kappa shape index (κ1) is 26.2. The lowest BCUT2D eigenvalue weighted by Gasteiger charge is -2.14. The molecule has 11 heteroatoms. The van der Waals surface area contributed by atoms with E-state index in [-0.39, 0.29) is 10.8 Å². The molecule has 180 valence electrons. The third-order valence-corrected chi connectivity index (χ3v) is 8.25. The van der Waals surface area contributed by atoms with E-state index < -0.39 is 10.0 Å². The molecule has 0 N–H and O–H groups in total. The van der Waals surface area contributed by atoms with Crippen molar-refractivity contribution in [3.63, 3.8) is 0 Å². The van der Waals surface area contributed by atoms with Crippen molar-refractivity contribution in [3.05, 3.63) is 63.0 Å². The van der Waals surface area contributed by atoms with Gasteiger partial charge in [-0.25, -0.2) is 5.06 Å². The van der Waals surface area contributed by atoms with Gasteiger partial charge in [-0.1, -0.05) is 41.4 Å². The quantitative estimate of drug-likeness (QED) is 0.221. The van der Waals surface area contributed by atoms with Crippen LogP contribution in [0.2, 0.25) is 10.0 Å². The number of nitrogens with zero attached hydrogens (tertiary/aromatic N) is 3. The van der Waals surface area contributed by atoms with E-state index in [2.05, 4.69) is 4.40 Å². The summed E-state index contributed by atoms with van der Waals surface area (Å²) in [4.78, 5) is 21.1. The van der Waals surface area contributed by atoms with Crippen LogP contribution in [-0.2, 0) is 14.9 Å². The molecule has 0 radical (unpaired) electrons. The van der Waals surface area contributed by atoms with Crippen molar-refractivity contribution in [2.24, 2.45) is 4.40 Å². The zero-order chi connectivity index (χ0) is 25.2. The molecule has 3 rings (SSSR count). The van der Waals surface area contributed by atoms with Crippen molar-refractivity contribution in [2.75, 3.05) is 28.3 Å². The second kappa shape index (κ2) is 10.5. The van der Waals surface area contributed by atoms with Crippen LogP contribution in [0, 0.1) is 6.92 Å². The summed E-state index contributed by atoms with van der Waals surface area (Å²) in [5.74, 6) is -0.329. The molecule has 34 heavy (non-hydrogen) atoms. The molecule has 0 fully saturated rings. The number of hydrogen-bond donors (Lipinski definition) is 0. The minimum Gasteiger partial charge on any atom is -0.368 e. The number of thiophene rings is 1. The molecule has 2 aromatic carbocycles. The first-order valence-electron chi connectivity index (χ1n) is 9.94. The Morgan fingerprint density at radius 3 is 2.21 bits per heavy atom. The fourth-order valence-corrected chi connectivity index (χ4v) is 5.67. The Bertz CT molecular complexity index is 1350. The van der Waals surface area contributed by atoms with Gasteiger partial charge < -0.3 is 4.90 Å². The van der Waals surface area contributed by atoms with Crippen LogP contribution in [0.4, 0.5) is 0 Å². The number of hydrogen-bond acceptors (Lipinski definition) is 5. The van der Waals surface area contributed by atoms with Crippen molar-refractivity contribution < 1.29 is 18.0 Å². The molecule has 0 spiro atoms. The van der Waals surface area contributed by atoms with Crippen molar-refractivity contribution in [1.29, 1.82) is 0 Å². The van der Waals surface area contributed by atoms with Crippen LogP contribution in [0.5, 0.6) is 0 Å². The zero-order valence-corrected chi connectivity index (χ0v) is 22.3. The molecule has 0 aliphatic rings. The average Bonchev–Trinajstić information content (AvgIpc) is 3.15. The van der Waals surface area contributed by atoms with Crippen LogP contribution in [0.15, 0.2) is 51.8 Å².